The summed E-state index contributed by atoms with van der Waals surface area (Å²) >= 11 is 0. The van der Waals surface area contributed by atoms with E-state index in [4.69, 9.17) is 9.47 Å². The van der Waals surface area contributed by atoms with E-state index in [1.807, 2.05) is 6.07 Å². The Bertz CT molecular complexity index is 3050. The zero-order valence-corrected chi connectivity index (χ0v) is 33.3. The first-order valence-electron chi connectivity index (χ1n) is 20.7. The van der Waals surface area contributed by atoms with Gasteiger partial charge in [0.1, 0.15) is 23.0 Å². The van der Waals surface area contributed by atoms with Crippen LogP contribution in [-0.2, 0) is 5.41 Å². The maximum Gasteiger partial charge on any atom is 0.260 e. The Labute approximate surface area is 350 Å². The van der Waals surface area contributed by atoms with Gasteiger partial charge in [0, 0.05) is 51.1 Å². The summed E-state index contributed by atoms with van der Waals surface area (Å²) < 4.78 is 13.6. The highest BCUT2D eigenvalue weighted by Crippen LogP contribution is 2.52. The van der Waals surface area contributed by atoms with Crippen LogP contribution in [0.15, 0.2) is 200 Å². The Balaban J connectivity index is 0.973. The fourth-order valence-electron chi connectivity index (χ4n) is 9.85. The predicted octanol–water partition coefficient (Wildman–Crippen LogP) is 12.8. The molecule has 0 saturated heterocycles. The van der Waals surface area contributed by atoms with E-state index in [0.29, 0.717) is 0 Å². The molecule has 0 atom stereocenters. The molecule has 0 radical (unpaired) electrons. The summed E-state index contributed by atoms with van der Waals surface area (Å²) in [7, 11) is 0. The van der Waals surface area contributed by atoms with E-state index in [1.54, 1.807) is 0 Å². The van der Waals surface area contributed by atoms with E-state index >= 15 is 0 Å². The molecule has 60 heavy (non-hydrogen) atoms. The van der Waals surface area contributed by atoms with Gasteiger partial charge in [-0.25, -0.2) is 0 Å². The molecule has 0 N–H and O–H groups in total. The lowest BCUT2D eigenvalue weighted by molar-refractivity contribution is 0.464. The highest BCUT2D eigenvalue weighted by molar-refractivity contribution is 6.98. The minimum absolute atomic E-state index is 0.0481. The maximum absolute atomic E-state index is 6.85. The maximum atomic E-state index is 6.85. The van der Waals surface area contributed by atoms with Crippen LogP contribution in [0.4, 0.5) is 34.1 Å². The van der Waals surface area contributed by atoms with Gasteiger partial charge in [-0.15, -0.1) is 0 Å². The molecule has 2 aliphatic heterocycles. The molecule has 0 amide bonds. The van der Waals surface area contributed by atoms with Crippen molar-refractivity contribution in [2.75, 3.05) is 9.80 Å². The van der Waals surface area contributed by atoms with Crippen LogP contribution in [0.3, 0.4) is 0 Å². The molecule has 0 unspecified atom stereocenters. The molecule has 1 aliphatic carbocycles. The quantitative estimate of drug-likeness (QED) is 0.157. The summed E-state index contributed by atoms with van der Waals surface area (Å²) in [5.74, 6) is 3.44. The number of ether oxygens (including phenoxy) is 2. The van der Waals surface area contributed by atoms with Gasteiger partial charge in [-0.2, -0.15) is 0 Å². The van der Waals surface area contributed by atoms with Crippen LogP contribution >= 0.6 is 0 Å². The van der Waals surface area contributed by atoms with Gasteiger partial charge in [0.2, 0.25) is 0 Å². The van der Waals surface area contributed by atoms with Gasteiger partial charge in [0.25, 0.3) is 6.71 Å². The molecule has 9 aromatic carbocycles. The molecule has 3 aliphatic rings. The summed E-state index contributed by atoms with van der Waals surface area (Å²) in [4.78, 5) is 4.62. The van der Waals surface area contributed by atoms with Crippen molar-refractivity contribution in [3.63, 3.8) is 0 Å². The standard InChI is InChI=1S/C55H39BN2O2/c1-55(2)46-32-37-30-42(57(38-16-7-3-8-17-38)39-18-9-4-10-19-39)27-26-36(37)31-44(46)45-34-53-49(35-47(45)55)56-48-29-28-43(33-52(48)59-50-24-15-25-51(60-53)54(50)56)58(40-20-11-5-12-21-40)41-22-13-6-14-23-41/h3-35H,1-2H3. The van der Waals surface area contributed by atoms with E-state index in [0.717, 1.165) is 68.0 Å². The number of nitrogens with zero attached hydrogens (tertiary/aromatic N) is 2. The third kappa shape index (κ3) is 5.32. The number of para-hydroxylation sites is 4. The second-order valence-corrected chi connectivity index (χ2v) is 16.5. The van der Waals surface area contributed by atoms with Crippen LogP contribution in [0.25, 0.3) is 21.9 Å². The molecule has 0 aromatic heterocycles. The van der Waals surface area contributed by atoms with Crippen molar-refractivity contribution in [1.82, 2.24) is 0 Å². The van der Waals surface area contributed by atoms with E-state index in [-0.39, 0.29) is 12.1 Å². The van der Waals surface area contributed by atoms with Crippen LogP contribution in [0.1, 0.15) is 25.0 Å². The summed E-state index contributed by atoms with van der Waals surface area (Å²) in [5.41, 5.74) is 14.9. The lowest BCUT2D eigenvalue weighted by Gasteiger charge is -2.34. The van der Waals surface area contributed by atoms with Crippen molar-refractivity contribution in [2.24, 2.45) is 0 Å². The second kappa shape index (κ2) is 13.3. The van der Waals surface area contributed by atoms with Gasteiger partial charge in [-0.3, -0.25) is 0 Å². The van der Waals surface area contributed by atoms with Crippen molar-refractivity contribution in [3.05, 3.63) is 211 Å². The van der Waals surface area contributed by atoms with Crippen molar-refractivity contribution in [3.8, 4) is 34.1 Å². The molecule has 284 valence electrons. The number of rotatable bonds is 6. The van der Waals surface area contributed by atoms with Crippen molar-refractivity contribution >= 4 is 68.0 Å². The molecule has 12 rings (SSSR count). The Morgan fingerprint density at radius 1 is 0.367 bits per heavy atom. The molecule has 5 heteroatoms. The first-order chi connectivity index (χ1) is 29.5. The third-order valence-corrected chi connectivity index (χ3v) is 12.7. The van der Waals surface area contributed by atoms with Gasteiger partial charge >= 0.3 is 0 Å². The molecular formula is C55H39BN2O2. The van der Waals surface area contributed by atoms with E-state index in [2.05, 4.69) is 218 Å². The lowest BCUT2D eigenvalue weighted by Crippen LogP contribution is -2.57. The van der Waals surface area contributed by atoms with Crippen LogP contribution in [0.5, 0.6) is 23.0 Å². The normalized spacial score (nSPS) is 13.5. The third-order valence-electron chi connectivity index (χ3n) is 12.7. The number of hydrogen-bond donors (Lipinski definition) is 0. The van der Waals surface area contributed by atoms with Crippen LogP contribution in [0.2, 0.25) is 0 Å². The van der Waals surface area contributed by atoms with E-state index < -0.39 is 0 Å². The molecule has 9 aromatic rings. The SMILES string of the molecule is CC1(C)c2cc3c(cc2-c2cc4ccc(N(c5ccccc5)c5ccccc5)cc4cc21)Oc1cccc2c1B3c1ccc(N(c3ccccc3)c3ccccc3)cc1O2. The second-order valence-electron chi connectivity index (χ2n) is 16.5. The van der Waals surface area contributed by atoms with Gasteiger partial charge in [0.15, 0.2) is 0 Å². The fourth-order valence-corrected chi connectivity index (χ4v) is 9.85. The predicted molar refractivity (Wildman–Crippen MR) is 249 cm³/mol. The van der Waals surface area contributed by atoms with Crippen LogP contribution in [0, 0.1) is 0 Å². The molecule has 4 nitrogen and oxygen atoms in total. The van der Waals surface area contributed by atoms with Crippen LogP contribution < -0.4 is 35.7 Å². The Kier molecular flexibility index (Phi) is 7.64. The smallest absolute Gasteiger partial charge is 0.260 e. The minimum Gasteiger partial charge on any atom is -0.458 e. The highest BCUT2D eigenvalue weighted by atomic mass is 16.5. The topological polar surface area (TPSA) is 24.9 Å². The average molecular weight is 771 g/mol. The number of benzene rings is 9. The molecule has 0 spiro atoms. The first kappa shape index (κ1) is 34.5. The van der Waals surface area contributed by atoms with Gasteiger partial charge in [0.05, 0.1) is 0 Å². The van der Waals surface area contributed by atoms with Crippen molar-refractivity contribution in [1.29, 1.82) is 0 Å². The number of fused-ring (bicyclic) bond motifs is 8. The summed E-state index contributed by atoms with van der Waals surface area (Å²) in [6.07, 6.45) is 0. The largest absolute Gasteiger partial charge is 0.458 e. The Morgan fingerprint density at radius 3 is 1.42 bits per heavy atom. The van der Waals surface area contributed by atoms with E-state index in [9.17, 15) is 0 Å². The zero-order chi connectivity index (χ0) is 40.0. The number of hydrogen-bond acceptors (Lipinski definition) is 4. The first-order valence-corrected chi connectivity index (χ1v) is 20.7. The monoisotopic (exact) mass is 770 g/mol. The number of anilines is 6. The van der Waals surface area contributed by atoms with Gasteiger partial charge in [-0.1, -0.05) is 111 Å². The lowest BCUT2D eigenvalue weighted by atomic mass is 9.34. The van der Waals surface area contributed by atoms with Gasteiger partial charge < -0.3 is 19.3 Å². The fraction of sp³-hybridized carbons (Fsp3) is 0.0545. The Hall–Kier alpha value is -7.50. The average Bonchev–Trinajstić information content (AvgIpc) is 3.50. The Morgan fingerprint density at radius 2 is 0.850 bits per heavy atom. The molecule has 2 heterocycles. The van der Waals surface area contributed by atoms with E-state index in [1.165, 1.54) is 38.5 Å². The summed E-state index contributed by atoms with van der Waals surface area (Å²) in [6, 6.07) is 71.5. The molecule has 0 saturated carbocycles. The van der Waals surface area contributed by atoms with Gasteiger partial charge in [-0.05, 0) is 141 Å². The summed E-state index contributed by atoms with van der Waals surface area (Å²) in [5, 5.41) is 2.43. The molecule has 0 fully saturated rings. The highest BCUT2D eigenvalue weighted by Gasteiger charge is 2.44. The van der Waals surface area contributed by atoms with Crippen molar-refractivity contribution in [2.45, 2.75) is 19.3 Å². The van der Waals surface area contributed by atoms with Crippen LogP contribution in [-0.4, -0.2) is 6.71 Å². The molecule has 0 bridgehead atoms. The minimum atomic E-state index is -0.244. The molecular weight excluding hydrogens is 731 g/mol. The summed E-state index contributed by atoms with van der Waals surface area (Å²) in [6.45, 7) is 4.69. The zero-order valence-electron chi connectivity index (χ0n) is 33.3. The van der Waals surface area contributed by atoms with Crippen molar-refractivity contribution < 1.29 is 9.47 Å².